The highest BCUT2D eigenvalue weighted by atomic mass is 15.2. The summed E-state index contributed by atoms with van der Waals surface area (Å²) in [6.45, 7) is 6.86. The zero-order valence-electron chi connectivity index (χ0n) is 11.7. The normalized spacial score (nSPS) is 21.8. The van der Waals surface area contributed by atoms with Crippen LogP contribution in [0.15, 0.2) is 18.5 Å². The van der Waals surface area contributed by atoms with Crippen LogP contribution in [0.25, 0.3) is 0 Å². The molecule has 3 N–H and O–H groups in total. The van der Waals surface area contributed by atoms with Gasteiger partial charge in [0.1, 0.15) is 0 Å². The van der Waals surface area contributed by atoms with Gasteiger partial charge in [0.25, 0.3) is 0 Å². The number of hydrogen-bond acceptors (Lipinski definition) is 3. The van der Waals surface area contributed by atoms with Crippen molar-refractivity contribution in [2.75, 3.05) is 0 Å². The van der Waals surface area contributed by atoms with Gasteiger partial charge in [0.15, 0.2) is 0 Å². The molecule has 100 valence electrons. The summed E-state index contributed by atoms with van der Waals surface area (Å²) < 4.78 is 0. The number of hydrogen-bond donors (Lipinski definition) is 2. The van der Waals surface area contributed by atoms with Crippen molar-refractivity contribution in [2.24, 2.45) is 17.2 Å². The lowest BCUT2D eigenvalue weighted by Crippen LogP contribution is -2.37. The number of hydrazine groups is 1. The van der Waals surface area contributed by atoms with Crippen LogP contribution in [-0.2, 0) is 0 Å². The number of rotatable bonds is 3. The predicted octanol–water partition coefficient (Wildman–Crippen LogP) is 3.11. The lowest BCUT2D eigenvalue weighted by molar-refractivity contribution is 0.161. The molecule has 1 aromatic heterocycles. The van der Waals surface area contributed by atoms with Crippen molar-refractivity contribution in [3.63, 3.8) is 0 Å². The smallest absolute Gasteiger partial charge is 0.0506 e. The molecule has 1 fully saturated rings. The topological polar surface area (TPSA) is 50.9 Å². The van der Waals surface area contributed by atoms with Gasteiger partial charge in [-0.15, -0.1) is 0 Å². The molecule has 1 heterocycles. The first-order valence-electron chi connectivity index (χ1n) is 6.90. The van der Waals surface area contributed by atoms with E-state index in [2.05, 4.69) is 37.2 Å². The van der Waals surface area contributed by atoms with Crippen LogP contribution in [0.2, 0.25) is 0 Å². The van der Waals surface area contributed by atoms with Crippen LogP contribution in [-0.4, -0.2) is 4.98 Å². The molecule has 0 amide bonds. The van der Waals surface area contributed by atoms with Gasteiger partial charge < -0.3 is 0 Å². The zero-order valence-corrected chi connectivity index (χ0v) is 11.7. The van der Waals surface area contributed by atoms with E-state index in [0.717, 1.165) is 0 Å². The Morgan fingerprint density at radius 1 is 1.39 bits per heavy atom. The predicted molar refractivity (Wildman–Crippen MR) is 74.8 cm³/mol. The van der Waals surface area contributed by atoms with Crippen molar-refractivity contribution in [3.8, 4) is 0 Å². The van der Waals surface area contributed by atoms with Crippen molar-refractivity contribution < 1.29 is 0 Å². The maximum absolute atomic E-state index is 5.79. The number of nitrogens with two attached hydrogens (primary N) is 1. The SMILES string of the molecule is Cc1ccncc1C(NN)C1CCC(C)(C)CC1. The minimum absolute atomic E-state index is 0.245. The average molecular weight is 247 g/mol. The van der Waals surface area contributed by atoms with Crippen molar-refractivity contribution >= 4 is 0 Å². The Bertz CT molecular complexity index is 390. The molecule has 1 aliphatic rings. The summed E-state index contributed by atoms with van der Waals surface area (Å²) in [7, 11) is 0. The van der Waals surface area contributed by atoms with E-state index in [4.69, 9.17) is 5.84 Å². The minimum atomic E-state index is 0.245. The highest BCUT2D eigenvalue weighted by Gasteiger charge is 2.32. The quantitative estimate of drug-likeness (QED) is 0.637. The Kier molecular flexibility index (Phi) is 4.03. The summed E-state index contributed by atoms with van der Waals surface area (Å²) in [5, 5.41) is 0. The Labute approximate surface area is 110 Å². The molecule has 0 aromatic carbocycles. The average Bonchev–Trinajstić information content (AvgIpc) is 2.34. The van der Waals surface area contributed by atoms with Crippen molar-refractivity contribution in [2.45, 2.75) is 52.5 Å². The molecular formula is C15H25N3. The Hall–Kier alpha value is -0.930. The van der Waals surface area contributed by atoms with Gasteiger partial charge >= 0.3 is 0 Å². The molecule has 1 aromatic rings. The van der Waals surface area contributed by atoms with Gasteiger partial charge in [0, 0.05) is 12.4 Å². The standard InChI is InChI=1S/C15H25N3/c1-11-6-9-17-10-13(11)14(18-16)12-4-7-15(2,3)8-5-12/h6,9-10,12,14,18H,4-5,7-8,16H2,1-3H3. The highest BCUT2D eigenvalue weighted by molar-refractivity contribution is 5.25. The van der Waals surface area contributed by atoms with Crippen LogP contribution < -0.4 is 11.3 Å². The summed E-state index contributed by atoms with van der Waals surface area (Å²) >= 11 is 0. The fraction of sp³-hybridized carbons (Fsp3) is 0.667. The van der Waals surface area contributed by atoms with Crippen LogP contribution >= 0.6 is 0 Å². The van der Waals surface area contributed by atoms with E-state index in [9.17, 15) is 0 Å². The van der Waals surface area contributed by atoms with Crippen LogP contribution in [0.5, 0.6) is 0 Å². The van der Waals surface area contributed by atoms with Crippen LogP contribution in [0.3, 0.4) is 0 Å². The van der Waals surface area contributed by atoms with E-state index in [0.29, 0.717) is 11.3 Å². The number of aryl methyl sites for hydroxylation is 1. The van der Waals surface area contributed by atoms with Gasteiger partial charge in [-0.3, -0.25) is 16.3 Å². The summed E-state index contributed by atoms with van der Waals surface area (Å²) in [4.78, 5) is 4.24. The Balaban J connectivity index is 2.13. The molecule has 18 heavy (non-hydrogen) atoms. The third-order valence-corrected chi connectivity index (χ3v) is 4.45. The van der Waals surface area contributed by atoms with Gasteiger partial charge in [-0.25, -0.2) is 0 Å². The summed E-state index contributed by atoms with van der Waals surface area (Å²) in [6, 6.07) is 2.31. The first kappa shape index (κ1) is 13.5. The third-order valence-electron chi connectivity index (χ3n) is 4.45. The fourth-order valence-electron chi connectivity index (χ4n) is 3.04. The molecule has 1 aliphatic carbocycles. The zero-order chi connectivity index (χ0) is 13.2. The lowest BCUT2D eigenvalue weighted by Gasteiger charge is -2.38. The van der Waals surface area contributed by atoms with Gasteiger partial charge in [-0.05, 0) is 61.1 Å². The molecule has 3 heteroatoms. The molecule has 1 atom stereocenters. The fourth-order valence-corrected chi connectivity index (χ4v) is 3.04. The lowest BCUT2D eigenvalue weighted by atomic mass is 9.70. The van der Waals surface area contributed by atoms with Crippen molar-refractivity contribution in [1.29, 1.82) is 0 Å². The van der Waals surface area contributed by atoms with E-state index in [1.807, 2.05) is 12.4 Å². The second kappa shape index (κ2) is 5.37. The van der Waals surface area contributed by atoms with Crippen molar-refractivity contribution in [1.82, 2.24) is 10.4 Å². The molecule has 1 unspecified atom stereocenters. The first-order valence-corrected chi connectivity index (χ1v) is 6.90. The molecule has 0 bridgehead atoms. The molecular weight excluding hydrogens is 222 g/mol. The summed E-state index contributed by atoms with van der Waals surface area (Å²) in [5.41, 5.74) is 6.05. The van der Waals surface area contributed by atoms with E-state index < -0.39 is 0 Å². The van der Waals surface area contributed by atoms with E-state index in [1.165, 1.54) is 36.8 Å². The van der Waals surface area contributed by atoms with Gasteiger partial charge in [-0.1, -0.05) is 13.8 Å². The van der Waals surface area contributed by atoms with Gasteiger partial charge in [-0.2, -0.15) is 0 Å². The molecule has 0 spiro atoms. The monoisotopic (exact) mass is 247 g/mol. The number of aromatic nitrogens is 1. The van der Waals surface area contributed by atoms with Gasteiger partial charge in [0.2, 0.25) is 0 Å². The number of pyridine rings is 1. The number of nitrogens with one attached hydrogen (secondary N) is 1. The van der Waals surface area contributed by atoms with E-state index in [-0.39, 0.29) is 6.04 Å². The number of nitrogens with zero attached hydrogens (tertiary/aromatic N) is 1. The molecule has 3 nitrogen and oxygen atoms in total. The maximum Gasteiger partial charge on any atom is 0.0506 e. The Morgan fingerprint density at radius 2 is 2.06 bits per heavy atom. The largest absolute Gasteiger partial charge is 0.271 e. The van der Waals surface area contributed by atoms with E-state index in [1.54, 1.807) is 0 Å². The molecule has 2 rings (SSSR count). The molecule has 0 saturated heterocycles. The Morgan fingerprint density at radius 3 is 2.61 bits per heavy atom. The second-order valence-electron chi connectivity index (χ2n) is 6.38. The van der Waals surface area contributed by atoms with Crippen LogP contribution in [0.1, 0.15) is 56.7 Å². The second-order valence-corrected chi connectivity index (χ2v) is 6.38. The van der Waals surface area contributed by atoms with E-state index >= 15 is 0 Å². The van der Waals surface area contributed by atoms with Crippen LogP contribution in [0, 0.1) is 18.3 Å². The summed E-state index contributed by atoms with van der Waals surface area (Å²) in [6.07, 6.45) is 8.87. The first-order chi connectivity index (χ1) is 8.53. The maximum atomic E-state index is 5.79. The molecule has 0 radical (unpaired) electrons. The minimum Gasteiger partial charge on any atom is -0.271 e. The highest BCUT2D eigenvalue weighted by Crippen LogP contribution is 2.42. The summed E-state index contributed by atoms with van der Waals surface area (Å²) in [5.74, 6) is 6.42. The van der Waals surface area contributed by atoms with Crippen molar-refractivity contribution in [3.05, 3.63) is 29.6 Å². The third kappa shape index (κ3) is 2.90. The molecule has 1 saturated carbocycles. The van der Waals surface area contributed by atoms with Crippen LogP contribution in [0.4, 0.5) is 0 Å². The van der Waals surface area contributed by atoms with Gasteiger partial charge in [0.05, 0.1) is 6.04 Å². The molecule has 0 aliphatic heterocycles.